The van der Waals surface area contributed by atoms with Crippen LogP contribution in [0.5, 0.6) is 0 Å². The van der Waals surface area contributed by atoms with Crippen molar-refractivity contribution < 1.29 is 14.4 Å². The van der Waals surface area contributed by atoms with Gasteiger partial charge in [0.15, 0.2) is 0 Å². The Bertz CT molecular complexity index is 1240. The van der Waals surface area contributed by atoms with Gasteiger partial charge in [-0.2, -0.15) is 14.7 Å². The van der Waals surface area contributed by atoms with Gasteiger partial charge in [-0.3, -0.25) is 14.3 Å². The number of aryl methyl sites for hydroxylation is 1. The zero-order valence-electron chi connectivity index (χ0n) is 18.5. The number of amides is 1. The zero-order chi connectivity index (χ0) is 22.8. The van der Waals surface area contributed by atoms with Crippen molar-refractivity contribution in [3.63, 3.8) is 0 Å². The van der Waals surface area contributed by atoms with E-state index in [0.29, 0.717) is 17.3 Å². The number of aromatic nitrogens is 3. The summed E-state index contributed by atoms with van der Waals surface area (Å²) in [5.74, 6) is 0.782. The van der Waals surface area contributed by atoms with E-state index in [4.69, 9.17) is 9.59 Å². The average Bonchev–Trinajstić information content (AvgIpc) is 3.44. The lowest BCUT2D eigenvalue weighted by atomic mass is 9.97. The fourth-order valence-corrected chi connectivity index (χ4v) is 5.03. The summed E-state index contributed by atoms with van der Waals surface area (Å²) in [7, 11) is 0. The molecule has 168 valence electrons. The van der Waals surface area contributed by atoms with E-state index in [1.807, 2.05) is 28.6 Å². The Morgan fingerprint density at radius 1 is 1.09 bits per heavy atom. The largest absolute Gasteiger partial charge is 0.373 e. The SMILES string of the molecule is Cc1cc2[nH]c(=O)c3cnn(C4CCCC4)c3c2cc1C(=O)N1CCC(C)CC1.O=C=O. The van der Waals surface area contributed by atoms with Crippen molar-refractivity contribution >= 4 is 33.9 Å². The summed E-state index contributed by atoms with van der Waals surface area (Å²) >= 11 is 0. The molecule has 0 radical (unpaired) electrons. The number of H-pyrrole nitrogens is 1. The minimum atomic E-state index is -0.111. The number of carbonyl (C=O) groups is 1. The topological polar surface area (TPSA) is 105 Å². The fourth-order valence-electron chi connectivity index (χ4n) is 5.03. The molecule has 5 rings (SSSR count). The van der Waals surface area contributed by atoms with E-state index in [2.05, 4.69) is 17.0 Å². The van der Waals surface area contributed by atoms with Crippen LogP contribution in [0.3, 0.4) is 0 Å². The molecule has 1 amide bonds. The van der Waals surface area contributed by atoms with Gasteiger partial charge in [0.05, 0.1) is 28.7 Å². The number of carbonyl (C=O) groups excluding carboxylic acids is 3. The van der Waals surface area contributed by atoms with E-state index in [0.717, 1.165) is 66.3 Å². The molecule has 1 aliphatic heterocycles. The molecule has 1 aromatic carbocycles. The van der Waals surface area contributed by atoms with E-state index in [1.54, 1.807) is 6.20 Å². The minimum Gasteiger partial charge on any atom is -0.339 e. The second-order valence-corrected chi connectivity index (χ2v) is 9.01. The van der Waals surface area contributed by atoms with Gasteiger partial charge in [0, 0.05) is 24.0 Å². The van der Waals surface area contributed by atoms with Crippen LogP contribution in [0.15, 0.2) is 23.1 Å². The molecule has 8 heteroatoms. The molecule has 1 aliphatic carbocycles. The monoisotopic (exact) mass is 436 g/mol. The van der Waals surface area contributed by atoms with Crippen molar-refractivity contribution in [3.8, 4) is 0 Å². The second-order valence-electron chi connectivity index (χ2n) is 9.01. The maximum Gasteiger partial charge on any atom is 0.373 e. The summed E-state index contributed by atoms with van der Waals surface area (Å²) in [5.41, 5.74) is 3.18. The summed E-state index contributed by atoms with van der Waals surface area (Å²) in [6, 6.07) is 4.26. The predicted molar refractivity (Wildman–Crippen MR) is 119 cm³/mol. The predicted octanol–water partition coefficient (Wildman–Crippen LogP) is 3.59. The van der Waals surface area contributed by atoms with Crippen molar-refractivity contribution in [2.75, 3.05) is 13.1 Å². The van der Waals surface area contributed by atoms with E-state index in [9.17, 15) is 9.59 Å². The average molecular weight is 437 g/mol. The molecule has 32 heavy (non-hydrogen) atoms. The Kier molecular flexibility index (Phi) is 6.24. The molecule has 3 aromatic rings. The van der Waals surface area contributed by atoms with Gasteiger partial charge in [-0.1, -0.05) is 19.8 Å². The molecule has 0 bridgehead atoms. The van der Waals surface area contributed by atoms with Gasteiger partial charge in [0.1, 0.15) is 0 Å². The molecule has 1 N–H and O–H groups in total. The van der Waals surface area contributed by atoms with Crippen molar-refractivity contribution in [3.05, 3.63) is 39.8 Å². The maximum absolute atomic E-state index is 13.3. The molecular weight excluding hydrogens is 408 g/mol. The van der Waals surface area contributed by atoms with Crippen LogP contribution in [0.25, 0.3) is 21.8 Å². The Morgan fingerprint density at radius 3 is 2.41 bits per heavy atom. The van der Waals surface area contributed by atoms with Gasteiger partial charge in [0.25, 0.3) is 11.5 Å². The molecule has 2 fully saturated rings. The van der Waals surface area contributed by atoms with Crippen LogP contribution in [-0.4, -0.2) is 44.8 Å². The number of likely N-dealkylation sites (tertiary alicyclic amines) is 1. The van der Waals surface area contributed by atoms with Crippen molar-refractivity contribution in [2.24, 2.45) is 5.92 Å². The summed E-state index contributed by atoms with van der Waals surface area (Å²) in [6.45, 7) is 5.84. The van der Waals surface area contributed by atoms with Crippen LogP contribution in [0.2, 0.25) is 0 Å². The Balaban J connectivity index is 0.000000775. The number of aromatic amines is 1. The fraction of sp³-hybridized carbons (Fsp3) is 0.500. The van der Waals surface area contributed by atoms with E-state index in [-0.39, 0.29) is 17.6 Å². The highest BCUT2D eigenvalue weighted by Crippen LogP contribution is 2.34. The molecule has 8 nitrogen and oxygen atoms in total. The summed E-state index contributed by atoms with van der Waals surface area (Å²) < 4.78 is 2.03. The van der Waals surface area contributed by atoms with Crippen molar-refractivity contribution in [2.45, 2.75) is 58.4 Å². The minimum absolute atomic E-state index is 0.0996. The molecule has 3 heterocycles. The molecule has 0 atom stereocenters. The molecule has 2 aliphatic rings. The first kappa shape index (κ1) is 22.0. The number of fused-ring (bicyclic) bond motifs is 3. The highest BCUT2D eigenvalue weighted by atomic mass is 16.2. The first-order chi connectivity index (χ1) is 15.4. The lowest BCUT2D eigenvalue weighted by molar-refractivity contribution is -0.191. The van der Waals surface area contributed by atoms with E-state index >= 15 is 0 Å². The van der Waals surface area contributed by atoms with Gasteiger partial charge in [-0.05, 0) is 56.2 Å². The molecule has 2 aromatic heterocycles. The highest BCUT2D eigenvalue weighted by Gasteiger charge is 2.25. The van der Waals surface area contributed by atoms with Crippen molar-refractivity contribution in [1.29, 1.82) is 0 Å². The molecule has 1 saturated heterocycles. The van der Waals surface area contributed by atoms with Crippen LogP contribution in [0.4, 0.5) is 0 Å². The van der Waals surface area contributed by atoms with Crippen LogP contribution in [0, 0.1) is 12.8 Å². The standard InChI is InChI=1S/C23H28N4O2.CO2/c1-14-7-9-26(10-8-14)23(29)17-12-18-20(11-15(17)2)25-22(28)19-13-24-27(21(18)19)16-5-3-4-6-16;2-1-3/h11-14,16H,3-10H2,1-2H3,(H,25,28);. The molecule has 1 saturated carbocycles. The lowest BCUT2D eigenvalue weighted by Crippen LogP contribution is -2.38. The number of nitrogens with zero attached hydrogens (tertiary/aromatic N) is 3. The molecule has 0 spiro atoms. The Hall–Kier alpha value is -3.25. The zero-order valence-corrected chi connectivity index (χ0v) is 18.5. The first-order valence-corrected chi connectivity index (χ1v) is 11.3. The summed E-state index contributed by atoms with van der Waals surface area (Å²) in [5, 5.41) is 6.11. The van der Waals surface area contributed by atoms with Gasteiger partial charge in [0.2, 0.25) is 0 Å². The number of hydrogen-bond donors (Lipinski definition) is 1. The number of benzene rings is 1. The Morgan fingerprint density at radius 2 is 1.75 bits per heavy atom. The second kappa shape index (κ2) is 9.09. The molecule has 0 unspecified atom stereocenters. The number of nitrogens with one attached hydrogen (secondary N) is 1. The van der Waals surface area contributed by atoms with E-state index in [1.165, 1.54) is 12.8 Å². The molecular formula is C24H28N4O4. The van der Waals surface area contributed by atoms with Gasteiger partial charge >= 0.3 is 6.15 Å². The number of pyridine rings is 1. The Labute approximate surface area is 185 Å². The van der Waals surface area contributed by atoms with Gasteiger partial charge in [-0.15, -0.1) is 0 Å². The van der Waals surface area contributed by atoms with E-state index < -0.39 is 0 Å². The summed E-state index contributed by atoms with van der Waals surface area (Å²) in [4.78, 5) is 47.2. The third kappa shape index (κ3) is 3.98. The number of rotatable bonds is 2. The smallest absolute Gasteiger partial charge is 0.339 e. The normalized spacial score (nSPS) is 17.4. The van der Waals surface area contributed by atoms with Gasteiger partial charge < -0.3 is 9.88 Å². The van der Waals surface area contributed by atoms with Crippen LogP contribution >= 0.6 is 0 Å². The maximum atomic E-state index is 13.3. The van der Waals surface area contributed by atoms with Gasteiger partial charge in [-0.25, -0.2) is 0 Å². The highest BCUT2D eigenvalue weighted by molar-refractivity contribution is 6.07. The number of hydrogen-bond acceptors (Lipinski definition) is 5. The third-order valence-corrected chi connectivity index (χ3v) is 6.88. The van der Waals surface area contributed by atoms with Crippen LogP contribution in [-0.2, 0) is 9.59 Å². The lowest BCUT2D eigenvalue weighted by Gasteiger charge is -2.30. The quantitative estimate of drug-likeness (QED) is 0.661. The van der Waals surface area contributed by atoms with Crippen LogP contribution in [0.1, 0.15) is 67.4 Å². The van der Waals surface area contributed by atoms with Crippen molar-refractivity contribution in [1.82, 2.24) is 19.7 Å². The first-order valence-electron chi connectivity index (χ1n) is 11.3. The third-order valence-electron chi connectivity index (χ3n) is 6.88. The van der Waals surface area contributed by atoms with Crippen LogP contribution < -0.4 is 5.56 Å². The number of piperidine rings is 1. The summed E-state index contributed by atoms with van der Waals surface area (Å²) in [6.07, 6.45) is 8.63.